The number of carbonyl (C=O) groups excluding carboxylic acids is 2. The van der Waals surface area contributed by atoms with Crippen LogP contribution in [0.5, 0.6) is 11.5 Å². The van der Waals surface area contributed by atoms with Crippen LogP contribution in [0, 0.1) is 0 Å². The van der Waals surface area contributed by atoms with Crippen molar-refractivity contribution in [2.24, 2.45) is 5.10 Å². The Morgan fingerprint density at radius 2 is 1.96 bits per heavy atom. The first-order valence-corrected chi connectivity index (χ1v) is 7.11. The molecule has 0 bridgehead atoms. The summed E-state index contributed by atoms with van der Waals surface area (Å²) in [5.74, 6) is -0.0827. The number of phenolic OH excluding ortho intramolecular Hbond substituents is 1. The van der Waals surface area contributed by atoms with E-state index in [1.807, 2.05) is 0 Å². The van der Waals surface area contributed by atoms with Gasteiger partial charge in [0, 0.05) is 5.56 Å². The molecule has 2 aromatic carbocycles. The molecule has 2 rings (SSSR count). The molecule has 7 nitrogen and oxygen atoms in total. The normalized spacial score (nSPS) is 10.4. The number of hydrogen-bond acceptors (Lipinski definition) is 5. The zero-order valence-corrected chi connectivity index (χ0v) is 13.0. The lowest BCUT2D eigenvalue weighted by Crippen LogP contribution is -2.34. The number of phenols is 1. The first-order valence-electron chi connectivity index (χ1n) is 7.11. The average molecular weight is 327 g/mol. The summed E-state index contributed by atoms with van der Waals surface area (Å²) >= 11 is 0. The number of nitrogens with zero attached hydrogens (tertiary/aromatic N) is 1. The molecule has 0 aliphatic heterocycles. The van der Waals surface area contributed by atoms with Gasteiger partial charge in [-0.2, -0.15) is 5.10 Å². The van der Waals surface area contributed by atoms with Crippen LogP contribution in [0.15, 0.2) is 53.6 Å². The summed E-state index contributed by atoms with van der Waals surface area (Å²) in [6, 6.07) is 12.9. The van der Waals surface area contributed by atoms with E-state index in [0.717, 1.165) is 0 Å². The fourth-order valence-electron chi connectivity index (χ4n) is 1.83. The third-order valence-electron chi connectivity index (χ3n) is 3.03. The monoisotopic (exact) mass is 327 g/mol. The molecule has 0 aliphatic rings. The molecule has 3 N–H and O–H groups in total. The summed E-state index contributed by atoms with van der Waals surface area (Å²) in [5, 5.41) is 15.5. The van der Waals surface area contributed by atoms with E-state index in [9.17, 15) is 14.7 Å². The molecular weight excluding hydrogens is 310 g/mol. The maximum atomic E-state index is 11.9. The van der Waals surface area contributed by atoms with Crippen molar-refractivity contribution >= 4 is 18.0 Å². The van der Waals surface area contributed by atoms with E-state index in [-0.39, 0.29) is 18.2 Å². The highest BCUT2D eigenvalue weighted by atomic mass is 16.5. The predicted octanol–water partition coefficient (Wildman–Crippen LogP) is 1.28. The highest BCUT2D eigenvalue weighted by Gasteiger charge is 2.07. The van der Waals surface area contributed by atoms with Crippen LogP contribution in [-0.4, -0.2) is 36.8 Å². The van der Waals surface area contributed by atoms with Gasteiger partial charge in [0.05, 0.1) is 19.9 Å². The van der Waals surface area contributed by atoms with Gasteiger partial charge >= 0.3 is 0 Å². The summed E-state index contributed by atoms with van der Waals surface area (Å²) in [5.41, 5.74) is 3.35. The van der Waals surface area contributed by atoms with Gasteiger partial charge in [0.25, 0.3) is 11.8 Å². The lowest BCUT2D eigenvalue weighted by atomic mass is 10.2. The van der Waals surface area contributed by atoms with Gasteiger partial charge in [0.15, 0.2) is 0 Å². The first kappa shape index (κ1) is 17.0. The quantitative estimate of drug-likeness (QED) is 0.549. The van der Waals surface area contributed by atoms with Crippen LogP contribution in [0.1, 0.15) is 15.9 Å². The Hall–Kier alpha value is -3.35. The Kier molecular flexibility index (Phi) is 5.90. The third-order valence-corrected chi connectivity index (χ3v) is 3.03. The molecule has 0 radical (unpaired) electrons. The molecule has 0 saturated heterocycles. The molecular formula is C17H17N3O4. The number of amides is 2. The molecule has 124 valence electrons. The number of nitrogens with one attached hydrogen (secondary N) is 2. The lowest BCUT2D eigenvalue weighted by Gasteiger charge is -2.05. The summed E-state index contributed by atoms with van der Waals surface area (Å²) in [6.07, 6.45) is 1.39. The lowest BCUT2D eigenvalue weighted by molar-refractivity contribution is -0.120. The van der Waals surface area contributed by atoms with Crippen molar-refractivity contribution in [1.82, 2.24) is 10.7 Å². The van der Waals surface area contributed by atoms with Crippen LogP contribution in [0.25, 0.3) is 0 Å². The molecule has 2 aromatic rings. The Labute approximate surface area is 139 Å². The maximum absolute atomic E-state index is 11.9. The van der Waals surface area contributed by atoms with E-state index in [1.165, 1.54) is 25.5 Å². The molecule has 0 unspecified atom stereocenters. The number of benzene rings is 2. The fraction of sp³-hybridized carbons (Fsp3) is 0.118. The van der Waals surface area contributed by atoms with Gasteiger partial charge in [-0.15, -0.1) is 0 Å². The van der Waals surface area contributed by atoms with E-state index in [1.54, 1.807) is 36.4 Å². The smallest absolute Gasteiger partial charge is 0.259 e. The summed E-state index contributed by atoms with van der Waals surface area (Å²) in [6.45, 7) is -0.206. The van der Waals surface area contributed by atoms with Gasteiger partial charge in [-0.25, -0.2) is 5.43 Å². The predicted molar refractivity (Wildman–Crippen MR) is 89.2 cm³/mol. The van der Waals surface area contributed by atoms with Gasteiger partial charge in [-0.05, 0) is 42.0 Å². The second-order valence-corrected chi connectivity index (χ2v) is 4.80. The molecule has 24 heavy (non-hydrogen) atoms. The number of methoxy groups -OCH3 is 1. The zero-order valence-electron chi connectivity index (χ0n) is 13.0. The molecule has 0 atom stereocenters. The molecule has 0 saturated carbocycles. The number of hydrazone groups is 1. The summed E-state index contributed by atoms with van der Waals surface area (Å²) < 4.78 is 5.01. The maximum Gasteiger partial charge on any atom is 0.259 e. The second kappa shape index (κ2) is 8.33. The number of carbonyl (C=O) groups is 2. The zero-order chi connectivity index (χ0) is 17.4. The van der Waals surface area contributed by atoms with Crippen molar-refractivity contribution in [2.45, 2.75) is 0 Å². The van der Waals surface area contributed by atoms with Gasteiger partial charge in [0.1, 0.15) is 11.5 Å². The highest BCUT2D eigenvalue weighted by molar-refractivity contribution is 5.96. The van der Waals surface area contributed by atoms with Crippen molar-refractivity contribution in [2.75, 3.05) is 13.7 Å². The number of ether oxygens (including phenoxy) is 1. The van der Waals surface area contributed by atoms with Crippen LogP contribution < -0.4 is 15.5 Å². The standard InChI is InChI=1S/C17H17N3O4/c1-24-15-7-5-13(6-8-15)17(23)18-11-16(22)20-19-10-12-3-2-4-14(21)9-12/h2-10,21H,11H2,1H3,(H,18,23)(H,20,22)/b19-10-. The minimum absolute atomic E-state index is 0.108. The Bertz CT molecular complexity index is 742. The van der Waals surface area contributed by atoms with Crippen LogP contribution in [0.4, 0.5) is 0 Å². The van der Waals surface area contributed by atoms with E-state index in [0.29, 0.717) is 16.9 Å². The third kappa shape index (κ3) is 5.13. The van der Waals surface area contributed by atoms with E-state index in [2.05, 4.69) is 15.8 Å². The minimum atomic E-state index is -0.465. The van der Waals surface area contributed by atoms with Crippen LogP contribution in [-0.2, 0) is 4.79 Å². The van der Waals surface area contributed by atoms with Crippen LogP contribution >= 0.6 is 0 Å². The minimum Gasteiger partial charge on any atom is -0.508 e. The van der Waals surface area contributed by atoms with Crippen molar-refractivity contribution in [1.29, 1.82) is 0 Å². The van der Waals surface area contributed by atoms with Gasteiger partial charge in [-0.3, -0.25) is 9.59 Å². The molecule has 2 amide bonds. The summed E-state index contributed by atoms with van der Waals surface area (Å²) in [4.78, 5) is 23.5. The number of hydrogen-bond donors (Lipinski definition) is 3. The fourth-order valence-corrected chi connectivity index (χ4v) is 1.83. The van der Waals surface area contributed by atoms with Gasteiger partial charge < -0.3 is 15.2 Å². The number of aromatic hydroxyl groups is 1. The highest BCUT2D eigenvalue weighted by Crippen LogP contribution is 2.11. The van der Waals surface area contributed by atoms with Crippen molar-refractivity contribution in [3.8, 4) is 11.5 Å². The summed E-state index contributed by atoms with van der Waals surface area (Å²) in [7, 11) is 1.54. The molecule has 0 fully saturated rings. The topological polar surface area (TPSA) is 100 Å². The van der Waals surface area contributed by atoms with E-state index < -0.39 is 5.91 Å². The Morgan fingerprint density at radius 3 is 2.62 bits per heavy atom. The Morgan fingerprint density at radius 1 is 1.21 bits per heavy atom. The SMILES string of the molecule is COc1ccc(C(=O)NCC(=O)N/N=C\c2cccc(O)c2)cc1. The van der Waals surface area contributed by atoms with E-state index >= 15 is 0 Å². The van der Waals surface area contributed by atoms with Gasteiger partial charge in [0.2, 0.25) is 0 Å². The van der Waals surface area contributed by atoms with Crippen molar-refractivity contribution < 1.29 is 19.4 Å². The molecule has 0 aliphatic carbocycles. The molecule has 0 aromatic heterocycles. The van der Waals surface area contributed by atoms with Crippen LogP contribution in [0.2, 0.25) is 0 Å². The first-order chi connectivity index (χ1) is 11.6. The molecule has 0 spiro atoms. The van der Waals surface area contributed by atoms with Crippen molar-refractivity contribution in [3.05, 3.63) is 59.7 Å². The largest absolute Gasteiger partial charge is 0.508 e. The number of rotatable bonds is 6. The average Bonchev–Trinajstić information content (AvgIpc) is 2.60. The molecule has 7 heteroatoms. The van der Waals surface area contributed by atoms with Crippen molar-refractivity contribution in [3.63, 3.8) is 0 Å². The second-order valence-electron chi connectivity index (χ2n) is 4.80. The van der Waals surface area contributed by atoms with Gasteiger partial charge in [-0.1, -0.05) is 12.1 Å². The van der Waals surface area contributed by atoms with Crippen LogP contribution in [0.3, 0.4) is 0 Å². The Balaban J connectivity index is 1.78. The molecule has 0 heterocycles. The van der Waals surface area contributed by atoms with E-state index in [4.69, 9.17) is 4.74 Å².